The van der Waals surface area contributed by atoms with Crippen molar-refractivity contribution in [2.24, 2.45) is 0 Å². The van der Waals surface area contributed by atoms with Gasteiger partial charge in [-0.05, 0) is 74.0 Å². The molecule has 2 N–H and O–H groups in total. The molecule has 30 heavy (non-hydrogen) atoms. The van der Waals surface area contributed by atoms with Crippen LogP contribution in [0.3, 0.4) is 0 Å². The Hall–Kier alpha value is -2.53. The molecule has 2 unspecified atom stereocenters. The van der Waals surface area contributed by atoms with E-state index in [1.54, 1.807) is 48.2 Å². The molecule has 0 heterocycles. The van der Waals surface area contributed by atoms with E-state index in [2.05, 4.69) is 18.3 Å². The summed E-state index contributed by atoms with van der Waals surface area (Å²) in [5.74, 6) is 1.87. The Labute approximate surface area is 182 Å². The molecule has 2 aromatic rings. The second-order valence-electron chi connectivity index (χ2n) is 6.97. The van der Waals surface area contributed by atoms with Gasteiger partial charge in [0.25, 0.3) is 0 Å². The fourth-order valence-corrected chi connectivity index (χ4v) is 3.54. The van der Waals surface area contributed by atoms with Gasteiger partial charge in [-0.15, -0.1) is 11.8 Å². The molecular formula is C23H28N2O4S. The molecular weight excluding hydrogens is 400 g/mol. The number of benzene rings is 2. The van der Waals surface area contributed by atoms with Crippen LogP contribution in [0, 0.1) is 11.3 Å². The molecule has 0 aliphatic heterocycles. The summed E-state index contributed by atoms with van der Waals surface area (Å²) in [4.78, 5) is 12.1. The highest BCUT2D eigenvalue weighted by molar-refractivity contribution is 7.99. The first-order valence-corrected chi connectivity index (χ1v) is 10.9. The fraction of sp³-hybridized carbons (Fsp3) is 0.391. The summed E-state index contributed by atoms with van der Waals surface area (Å²) in [6, 6.07) is 16.7. The van der Waals surface area contributed by atoms with Crippen LogP contribution in [0.15, 0.2) is 53.4 Å². The number of aliphatic hydroxyl groups is 1. The van der Waals surface area contributed by atoms with Gasteiger partial charge in [-0.2, -0.15) is 5.26 Å². The highest BCUT2D eigenvalue weighted by Gasteiger charge is 2.08. The minimum absolute atomic E-state index is 0.199. The lowest BCUT2D eigenvalue weighted by atomic mass is 10.2. The van der Waals surface area contributed by atoms with Gasteiger partial charge >= 0.3 is 5.97 Å². The van der Waals surface area contributed by atoms with Crippen LogP contribution in [0.2, 0.25) is 0 Å². The van der Waals surface area contributed by atoms with Crippen LogP contribution in [0.25, 0.3) is 0 Å². The summed E-state index contributed by atoms with van der Waals surface area (Å²) in [5, 5.41) is 22.2. The SMILES string of the molecule is CC(=O)Oc1ccc(SCCCC(C)NCC(O)COc2ccc(C#N)cc2)cc1. The third-order valence-corrected chi connectivity index (χ3v) is 5.36. The zero-order valence-electron chi connectivity index (χ0n) is 17.3. The Balaban J connectivity index is 1.56. The zero-order valence-corrected chi connectivity index (χ0v) is 18.2. The topological polar surface area (TPSA) is 91.6 Å². The Kier molecular flexibility index (Phi) is 10.2. The van der Waals surface area contributed by atoms with Crippen LogP contribution in [0.4, 0.5) is 0 Å². The van der Waals surface area contributed by atoms with Gasteiger partial charge in [0.15, 0.2) is 0 Å². The average Bonchev–Trinajstić information content (AvgIpc) is 2.75. The molecule has 0 aliphatic rings. The normalized spacial score (nSPS) is 12.6. The standard InChI is InChI=1S/C23H28N2O4S/c1-17(4-3-13-30-23-11-9-22(10-12-23)29-18(2)26)25-15-20(27)16-28-21-7-5-19(14-24)6-8-21/h5-12,17,20,25,27H,3-4,13,15-16H2,1-2H3. The molecule has 0 bridgehead atoms. The predicted octanol–water partition coefficient (Wildman–Crippen LogP) is 3.77. The number of aliphatic hydroxyl groups excluding tert-OH is 1. The Bertz CT molecular complexity index is 819. The molecule has 0 fully saturated rings. The van der Waals surface area contributed by atoms with E-state index in [1.165, 1.54) is 6.92 Å². The van der Waals surface area contributed by atoms with Gasteiger partial charge in [0.05, 0.1) is 11.6 Å². The molecule has 0 aromatic heterocycles. The maximum Gasteiger partial charge on any atom is 0.308 e. The Morgan fingerprint density at radius 2 is 1.83 bits per heavy atom. The number of hydrogen-bond acceptors (Lipinski definition) is 7. The third-order valence-electron chi connectivity index (χ3n) is 4.26. The van der Waals surface area contributed by atoms with Gasteiger partial charge in [0.2, 0.25) is 0 Å². The number of esters is 1. The number of thioether (sulfide) groups is 1. The van der Waals surface area contributed by atoms with Crippen molar-refractivity contribution in [1.29, 1.82) is 5.26 Å². The van der Waals surface area contributed by atoms with Crippen molar-refractivity contribution in [2.45, 2.75) is 43.7 Å². The number of hydrogen-bond donors (Lipinski definition) is 2. The molecule has 2 atom stereocenters. The van der Waals surface area contributed by atoms with Crippen molar-refractivity contribution in [1.82, 2.24) is 5.32 Å². The van der Waals surface area contributed by atoms with Gasteiger partial charge in [-0.25, -0.2) is 0 Å². The monoisotopic (exact) mass is 428 g/mol. The van der Waals surface area contributed by atoms with Crippen LogP contribution in [-0.4, -0.2) is 42.1 Å². The Morgan fingerprint density at radius 1 is 1.17 bits per heavy atom. The predicted molar refractivity (Wildman–Crippen MR) is 118 cm³/mol. The molecule has 0 saturated heterocycles. The summed E-state index contributed by atoms with van der Waals surface area (Å²) in [7, 11) is 0. The van der Waals surface area contributed by atoms with Crippen LogP contribution in [-0.2, 0) is 4.79 Å². The van der Waals surface area contributed by atoms with Crippen molar-refractivity contribution >= 4 is 17.7 Å². The summed E-state index contributed by atoms with van der Waals surface area (Å²) in [5.41, 5.74) is 0.579. The van der Waals surface area contributed by atoms with Crippen molar-refractivity contribution in [3.8, 4) is 17.6 Å². The summed E-state index contributed by atoms with van der Waals surface area (Å²) < 4.78 is 10.6. The molecule has 0 amide bonds. The lowest BCUT2D eigenvalue weighted by Gasteiger charge is -2.17. The molecule has 7 heteroatoms. The van der Waals surface area contributed by atoms with Crippen molar-refractivity contribution < 1.29 is 19.4 Å². The maximum absolute atomic E-state index is 10.9. The number of nitriles is 1. The number of carbonyl (C=O) groups excluding carboxylic acids is 1. The molecule has 0 spiro atoms. The van der Waals surface area contributed by atoms with E-state index in [4.69, 9.17) is 14.7 Å². The van der Waals surface area contributed by atoms with E-state index in [-0.39, 0.29) is 12.6 Å². The van der Waals surface area contributed by atoms with Crippen LogP contribution in [0.5, 0.6) is 11.5 Å². The average molecular weight is 429 g/mol. The molecule has 0 aliphatic carbocycles. The summed E-state index contributed by atoms with van der Waals surface area (Å²) >= 11 is 1.76. The first-order chi connectivity index (χ1) is 14.5. The number of carbonyl (C=O) groups is 1. The minimum Gasteiger partial charge on any atom is -0.491 e. The molecule has 2 aromatic carbocycles. The van der Waals surface area contributed by atoms with Crippen molar-refractivity contribution in [3.05, 3.63) is 54.1 Å². The number of rotatable bonds is 12. The summed E-state index contributed by atoms with van der Waals surface area (Å²) in [6.07, 6.45) is 1.44. The second-order valence-corrected chi connectivity index (χ2v) is 8.13. The highest BCUT2D eigenvalue weighted by Crippen LogP contribution is 2.22. The van der Waals surface area contributed by atoms with E-state index in [0.29, 0.717) is 29.6 Å². The lowest BCUT2D eigenvalue weighted by molar-refractivity contribution is -0.131. The first-order valence-electron chi connectivity index (χ1n) is 9.92. The fourth-order valence-electron chi connectivity index (χ4n) is 2.67. The quantitative estimate of drug-likeness (QED) is 0.230. The lowest BCUT2D eigenvalue weighted by Crippen LogP contribution is -2.36. The number of ether oxygens (including phenoxy) is 2. The second kappa shape index (κ2) is 12.9. The van der Waals surface area contributed by atoms with E-state index in [1.807, 2.05) is 12.1 Å². The van der Waals surface area contributed by atoms with Gasteiger partial charge in [0, 0.05) is 24.4 Å². The molecule has 0 saturated carbocycles. The minimum atomic E-state index is -0.604. The van der Waals surface area contributed by atoms with Gasteiger partial charge in [0.1, 0.15) is 24.2 Å². The van der Waals surface area contributed by atoms with Crippen LogP contribution in [0.1, 0.15) is 32.3 Å². The van der Waals surface area contributed by atoms with Crippen LogP contribution < -0.4 is 14.8 Å². The van der Waals surface area contributed by atoms with Crippen molar-refractivity contribution in [2.75, 3.05) is 18.9 Å². The first kappa shape index (κ1) is 23.7. The highest BCUT2D eigenvalue weighted by atomic mass is 32.2. The molecule has 160 valence electrons. The number of nitrogens with one attached hydrogen (secondary N) is 1. The van der Waals surface area contributed by atoms with Gasteiger partial charge < -0.3 is 19.9 Å². The van der Waals surface area contributed by atoms with E-state index in [0.717, 1.165) is 23.5 Å². The smallest absolute Gasteiger partial charge is 0.308 e. The summed E-state index contributed by atoms with van der Waals surface area (Å²) in [6.45, 7) is 4.15. The van der Waals surface area contributed by atoms with Crippen LogP contribution >= 0.6 is 11.8 Å². The largest absolute Gasteiger partial charge is 0.491 e. The van der Waals surface area contributed by atoms with E-state index < -0.39 is 6.10 Å². The van der Waals surface area contributed by atoms with E-state index in [9.17, 15) is 9.90 Å². The third kappa shape index (κ3) is 9.31. The number of nitrogens with zero attached hydrogens (tertiary/aromatic N) is 1. The Morgan fingerprint density at radius 3 is 2.47 bits per heavy atom. The molecule has 6 nitrogen and oxygen atoms in total. The van der Waals surface area contributed by atoms with Gasteiger partial charge in [-0.1, -0.05) is 0 Å². The van der Waals surface area contributed by atoms with E-state index >= 15 is 0 Å². The molecule has 2 rings (SSSR count). The van der Waals surface area contributed by atoms with Gasteiger partial charge in [-0.3, -0.25) is 4.79 Å². The molecule has 0 radical (unpaired) electrons. The maximum atomic E-state index is 10.9. The zero-order chi connectivity index (χ0) is 21.8. The van der Waals surface area contributed by atoms with Crippen molar-refractivity contribution in [3.63, 3.8) is 0 Å².